The van der Waals surface area contributed by atoms with Crippen molar-refractivity contribution in [3.05, 3.63) is 23.3 Å². The van der Waals surface area contributed by atoms with Crippen LogP contribution >= 0.6 is 24.0 Å². The Kier molecular flexibility index (Phi) is 6.35. The number of fused-ring (bicyclic) bond motifs is 2. The van der Waals surface area contributed by atoms with Crippen LogP contribution < -0.4 is 10.6 Å². The Morgan fingerprint density at radius 2 is 1.78 bits per heavy atom. The molecule has 0 aromatic heterocycles. The molecule has 0 radical (unpaired) electrons. The van der Waals surface area contributed by atoms with Gasteiger partial charge in [0.25, 0.3) is 0 Å². The van der Waals surface area contributed by atoms with E-state index in [0.717, 1.165) is 31.8 Å². The van der Waals surface area contributed by atoms with Gasteiger partial charge in [-0.05, 0) is 44.0 Å². The highest BCUT2D eigenvalue weighted by atomic mass is 127. The molecule has 3 nitrogen and oxygen atoms in total. The summed E-state index contributed by atoms with van der Waals surface area (Å²) < 4.78 is 0. The minimum atomic E-state index is 0. The highest BCUT2D eigenvalue weighted by Crippen LogP contribution is 2.28. The number of nitrogens with zero attached hydrogens (tertiary/aromatic N) is 1. The molecule has 3 aliphatic rings. The normalized spacial score (nSPS) is 28.7. The second-order valence-corrected chi connectivity index (χ2v) is 4.51. The Hall–Kier alpha value is -0.360. The Morgan fingerprint density at radius 3 is 2.44 bits per heavy atom. The van der Waals surface area contributed by atoms with Crippen molar-refractivity contribution in [3.8, 4) is 0 Å². The monoisotopic (exact) mass is 363 g/mol. The maximum Gasteiger partial charge on any atom is 0.0945 e. The van der Waals surface area contributed by atoms with Gasteiger partial charge < -0.3 is 10.6 Å². The van der Waals surface area contributed by atoms with Gasteiger partial charge in [-0.15, -0.1) is 24.0 Å². The Balaban J connectivity index is 0.000000776. The molecule has 4 heteroatoms. The lowest BCUT2D eigenvalue weighted by molar-refractivity contribution is 0.676. The van der Waals surface area contributed by atoms with Crippen molar-refractivity contribution in [3.63, 3.8) is 0 Å². The van der Waals surface area contributed by atoms with Crippen molar-refractivity contribution in [2.75, 3.05) is 13.1 Å². The van der Waals surface area contributed by atoms with E-state index in [4.69, 9.17) is 0 Å². The highest BCUT2D eigenvalue weighted by Gasteiger charge is 2.28. The second-order valence-electron chi connectivity index (χ2n) is 4.51. The van der Waals surface area contributed by atoms with E-state index in [1.807, 2.05) is 20.8 Å². The zero-order chi connectivity index (χ0) is 12.3. The van der Waals surface area contributed by atoms with Crippen LogP contribution in [0.15, 0.2) is 28.3 Å². The average Bonchev–Trinajstić information content (AvgIpc) is 2.56. The number of amidine groups is 1. The minimum absolute atomic E-state index is 0. The van der Waals surface area contributed by atoms with Gasteiger partial charge in [-0.1, -0.05) is 26.0 Å². The van der Waals surface area contributed by atoms with Crippen LogP contribution in [-0.4, -0.2) is 31.0 Å². The quantitative estimate of drug-likeness (QED) is 0.650. The fraction of sp³-hybridized carbons (Fsp3) is 0.643. The van der Waals surface area contributed by atoms with Gasteiger partial charge >= 0.3 is 0 Å². The van der Waals surface area contributed by atoms with Crippen molar-refractivity contribution in [2.24, 2.45) is 4.99 Å². The van der Waals surface area contributed by atoms with Gasteiger partial charge in [0.1, 0.15) is 0 Å². The molecule has 2 N–H and O–H groups in total. The molecule has 1 fully saturated rings. The fourth-order valence-corrected chi connectivity index (χ4v) is 2.64. The Labute approximate surface area is 129 Å². The van der Waals surface area contributed by atoms with Crippen molar-refractivity contribution in [2.45, 2.75) is 45.7 Å². The molecule has 0 spiro atoms. The molecular weight excluding hydrogens is 337 g/mol. The first-order chi connectivity index (χ1) is 8.33. The molecule has 0 amide bonds. The van der Waals surface area contributed by atoms with Crippen molar-refractivity contribution < 1.29 is 1.43 Å². The van der Waals surface area contributed by atoms with Crippen LogP contribution in [0.4, 0.5) is 0 Å². The third-order valence-corrected chi connectivity index (χ3v) is 3.39. The van der Waals surface area contributed by atoms with E-state index in [2.05, 4.69) is 27.8 Å². The molecule has 2 atom stereocenters. The summed E-state index contributed by atoms with van der Waals surface area (Å²) in [7, 11) is 0. The van der Waals surface area contributed by atoms with E-state index in [-0.39, 0.29) is 25.4 Å². The summed E-state index contributed by atoms with van der Waals surface area (Å²) in [6, 6.07) is 0.767. The first-order valence-electron chi connectivity index (χ1n) is 6.76. The zero-order valence-electron chi connectivity index (χ0n) is 11.5. The number of hydrogen-bond donors (Lipinski definition) is 2. The third kappa shape index (κ3) is 3.35. The molecule has 0 aromatic carbocycles. The summed E-state index contributed by atoms with van der Waals surface area (Å²) in [4.78, 5) is 4.60. The topological polar surface area (TPSA) is 36.4 Å². The highest BCUT2D eigenvalue weighted by molar-refractivity contribution is 14.0. The minimum Gasteiger partial charge on any atom is -0.365 e. The molecule has 104 valence electrons. The van der Waals surface area contributed by atoms with Gasteiger partial charge in [0.15, 0.2) is 0 Å². The molecule has 3 rings (SSSR count). The van der Waals surface area contributed by atoms with E-state index in [9.17, 15) is 0 Å². The van der Waals surface area contributed by atoms with E-state index >= 15 is 0 Å². The molecule has 0 saturated carbocycles. The van der Waals surface area contributed by atoms with Crippen LogP contribution in [0.3, 0.4) is 0 Å². The first-order valence-corrected chi connectivity index (χ1v) is 6.76. The molecule has 1 saturated heterocycles. The molecule has 2 aliphatic heterocycles. The lowest BCUT2D eigenvalue weighted by Gasteiger charge is -2.22. The molecule has 2 unspecified atom stereocenters. The Morgan fingerprint density at radius 1 is 1.17 bits per heavy atom. The molecule has 1 aliphatic carbocycles. The number of hydrogen-bond acceptors (Lipinski definition) is 3. The number of halogens is 1. The van der Waals surface area contributed by atoms with Gasteiger partial charge in [-0.2, -0.15) is 0 Å². The summed E-state index contributed by atoms with van der Waals surface area (Å²) in [5.74, 6) is 1.08. The lowest BCUT2D eigenvalue weighted by Crippen LogP contribution is -2.33. The third-order valence-electron chi connectivity index (χ3n) is 3.39. The summed E-state index contributed by atoms with van der Waals surface area (Å²) in [5.41, 5.74) is 3.04. The smallest absolute Gasteiger partial charge is 0.0945 e. The predicted molar refractivity (Wildman–Crippen MR) is 91.0 cm³/mol. The average molecular weight is 363 g/mol. The Bertz CT molecular complexity index is 377. The number of nitrogens with one attached hydrogen (secondary N) is 2. The van der Waals surface area contributed by atoms with Gasteiger partial charge in [0, 0.05) is 1.43 Å². The maximum atomic E-state index is 4.60. The van der Waals surface area contributed by atoms with Gasteiger partial charge in [-0.25, -0.2) is 0 Å². The van der Waals surface area contributed by atoms with E-state index in [1.165, 1.54) is 11.1 Å². The maximum absolute atomic E-state index is 4.60. The summed E-state index contributed by atoms with van der Waals surface area (Å²) >= 11 is 0. The van der Waals surface area contributed by atoms with Gasteiger partial charge in [0.2, 0.25) is 0 Å². The second kappa shape index (κ2) is 7.28. The van der Waals surface area contributed by atoms with Gasteiger partial charge in [0.05, 0.1) is 17.9 Å². The van der Waals surface area contributed by atoms with Crippen LogP contribution in [0.25, 0.3) is 0 Å². The number of aliphatic imine (C=N–C) groups is 1. The van der Waals surface area contributed by atoms with Crippen molar-refractivity contribution in [1.82, 2.24) is 10.6 Å². The standard InChI is InChI=1S/C12H17N3.C2H6.HI.H2/c1-8-14-11-6-9-2-4-13-5-3-10(9)7-12(11)15-8;1-2;;/h6-7,11-13H,2-5H2,1H3,(H,14,15);1-2H3;2*1H. The van der Waals surface area contributed by atoms with Crippen LogP contribution in [-0.2, 0) is 0 Å². The first kappa shape index (κ1) is 15.7. The molecule has 2 heterocycles. The van der Waals surface area contributed by atoms with Crippen LogP contribution in [0.1, 0.15) is 35.0 Å². The largest absolute Gasteiger partial charge is 0.365 e. The fourth-order valence-electron chi connectivity index (χ4n) is 2.64. The van der Waals surface area contributed by atoms with Crippen molar-refractivity contribution >= 4 is 29.8 Å². The van der Waals surface area contributed by atoms with Crippen molar-refractivity contribution in [1.29, 1.82) is 0 Å². The molecular formula is C14H26IN3. The van der Waals surface area contributed by atoms with Crippen LogP contribution in [0.5, 0.6) is 0 Å². The van der Waals surface area contributed by atoms with E-state index in [0.29, 0.717) is 12.1 Å². The van der Waals surface area contributed by atoms with Crippen LogP contribution in [0.2, 0.25) is 0 Å². The summed E-state index contributed by atoms with van der Waals surface area (Å²) in [6.45, 7) is 8.27. The summed E-state index contributed by atoms with van der Waals surface area (Å²) in [6.07, 6.45) is 7.06. The van der Waals surface area contributed by atoms with E-state index in [1.54, 1.807) is 0 Å². The molecule has 18 heavy (non-hydrogen) atoms. The SMILES string of the molecule is CC.CC1=NC2C=C3CCNCCC3=CC2N1.I.[HH]. The predicted octanol–water partition coefficient (Wildman–Crippen LogP) is 2.89. The number of rotatable bonds is 0. The van der Waals surface area contributed by atoms with E-state index < -0.39 is 0 Å². The zero-order valence-corrected chi connectivity index (χ0v) is 13.8. The molecule has 0 bridgehead atoms. The van der Waals surface area contributed by atoms with Gasteiger partial charge in [-0.3, -0.25) is 4.99 Å². The summed E-state index contributed by atoms with van der Waals surface area (Å²) in [5, 5.41) is 6.86. The van der Waals surface area contributed by atoms with Crippen LogP contribution in [0, 0.1) is 0 Å². The lowest BCUT2D eigenvalue weighted by atomic mass is 9.89. The molecule has 0 aromatic rings.